The van der Waals surface area contributed by atoms with Crippen molar-refractivity contribution in [2.45, 2.75) is 50.2 Å². The van der Waals surface area contributed by atoms with Crippen molar-refractivity contribution in [3.05, 3.63) is 0 Å². The average Bonchev–Trinajstić information content (AvgIpc) is 2.68. The first-order chi connectivity index (χ1) is 8.42. The Bertz CT molecular complexity index is 338. The second-order valence-electron chi connectivity index (χ2n) is 4.53. The van der Waals surface area contributed by atoms with Gasteiger partial charge in [-0.2, -0.15) is 0 Å². The number of halogens is 1. The molecule has 2 heterocycles. The van der Waals surface area contributed by atoms with Crippen molar-refractivity contribution in [2.75, 3.05) is 6.61 Å². The first-order valence-electron chi connectivity index (χ1n) is 5.55. The van der Waals surface area contributed by atoms with E-state index in [2.05, 4.69) is 0 Å². The molecule has 0 bridgehead atoms. The van der Waals surface area contributed by atoms with Gasteiger partial charge in [0, 0.05) is 6.92 Å². The molecule has 4 unspecified atom stereocenters. The lowest BCUT2D eigenvalue weighted by Gasteiger charge is -2.39. The lowest BCUT2D eigenvalue weighted by atomic mass is 9.96. The number of rotatable bonds is 3. The van der Waals surface area contributed by atoms with Crippen LogP contribution in [0.3, 0.4) is 0 Å². The van der Waals surface area contributed by atoms with Gasteiger partial charge in [-0.3, -0.25) is 0 Å². The van der Waals surface area contributed by atoms with Crippen LogP contribution in [0.2, 0.25) is 0 Å². The molecule has 2 fully saturated rings. The number of aliphatic hydroxyl groups excluding tert-OH is 1. The second kappa shape index (κ2) is 5.17. The third kappa shape index (κ3) is 2.25. The number of hydrogen-bond donors (Lipinski definition) is 2. The predicted octanol–water partition coefficient (Wildman–Crippen LogP) is 0.0860. The van der Waals surface area contributed by atoms with Gasteiger partial charge in [0.25, 0.3) is 5.79 Å². The van der Waals surface area contributed by atoms with Crippen LogP contribution in [0.1, 0.15) is 13.8 Å². The van der Waals surface area contributed by atoms with Crippen LogP contribution in [0.15, 0.2) is 0 Å². The van der Waals surface area contributed by atoms with E-state index in [0.29, 0.717) is 0 Å². The molecule has 104 valence electrons. The topological polar surface area (TPSA) is 94.5 Å². The van der Waals surface area contributed by atoms with Crippen LogP contribution in [0.25, 0.3) is 0 Å². The van der Waals surface area contributed by atoms with E-state index in [1.165, 1.54) is 6.92 Å². The van der Waals surface area contributed by atoms with Gasteiger partial charge in [0.1, 0.15) is 47.4 Å². The van der Waals surface area contributed by atoms with Crippen molar-refractivity contribution in [1.29, 1.82) is 0 Å². The van der Waals surface area contributed by atoms with Crippen molar-refractivity contribution >= 4 is 29.0 Å². The number of hydrogen-bond acceptors (Lipinski definition) is 6. The van der Waals surface area contributed by atoms with Crippen molar-refractivity contribution < 1.29 is 32.3 Å². The molecule has 0 aliphatic carbocycles. The van der Waals surface area contributed by atoms with Crippen LogP contribution in [0.5, 0.6) is 0 Å². The van der Waals surface area contributed by atoms with Gasteiger partial charge in [-0.25, -0.2) is 4.79 Å². The average molecular weight is 374 g/mol. The zero-order chi connectivity index (χ0) is 13.5. The number of fused-ring (bicyclic) bond motifs is 1. The lowest BCUT2D eigenvalue weighted by Crippen LogP contribution is -2.56. The Morgan fingerprint density at radius 3 is 2.56 bits per heavy atom. The maximum Gasteiger partial charge on any atom is 0.364 e. The van der Waals surface area contributed by atoms with E-state index < -0.39 is 36.2 Å². The number of carboxylic acid groups (broad SMARTS) is 1. The van der Waals surface area contributed by atoms with Gasteiger partial charge in [-0.15, -0.1) is 0 Å². The fourth-order valence-corrected chi connectivity index (χ4v) is 2.91. The summed E-state index contributed by atoms with van der Waals surface area (Å²) in [4.78, 5) is 11.1. The molecule has 8 heteroatoms. The van der Waals surface area contributed by atoms with E-state index >= 15 is 0 Å². The van der Waals surface area contributed by atoms with Gasteiger partial charge >= 0.3 is 5.97 Å². The molecule has 2 saturated heterocycles. The SMILES string of the molecule is CC1OC(CO)[C@H](OI)C2O[C@](C)(C(=O)O)OC12. The number of aliphatic carboxylic acids is 1. The Morgan fingerprint density at radius 1 is 1.44 bits per heavy atom. The molecule has 2 N–H and O–H groups in total. The van der Waals surface area contributed by atoms with Crippen LogP contribution in [0.4, 0.5) is 0 Å². The normalized spacial score (nSPS) is 47.9. The van der Waals surface area contributed by atoms with Crippen molar-refractivity contribution in [2.24, 2.45) is 0 Å². The summed E-state index contributed by atoms with van der Waals surface area (Å²) >= 11 is 1.68. The van der Waals surface area contributed by atoms with Gasteiger partial charge < -0.3 is 27.5 Å². The zero-order valence-electron chi connectivity index (χ0n) is 9.91. The van der Waals surface area contributed by atoms with E-state index in [0.717, 1.165) is 0 Å². The Balaban J connectivity index is 2.24. The van der Waals surface area contributed by atoms with Crippen LogP contribution >= 0.6 is 23.0 Å². The van der Waals surface area contributed by atoms with E-state index in [9.17, 15) is 9.90 Å². The molecular weight excluding hydrogens is 359 g/mol. The molecular formula is C10H15IO7. The third-order valence-corrected chi connectivity index (χ3v) is 3.85. The maximum absolute atomic E-state index is 11.1. The Hall–Kier alpha value is -0.0000000000000000763. The van der Waals surface area contributed by atoms with E-state index in [1.54, 1.807) is 29.9 Å². The predicted molar refractivity (Wildman–Crippen MR) is 66.1 cm³/mol. The van der Waals surface area contributed by atoms with Gasteiger partial charge in [0.05, 0.1) is 12.7 Å². The Kier molecular flexibility index (Phi) is 4.14. The summed E-state index contributed by atoms with van der Waals surface area (Å²) in [7, 11) is 0. The molecule has 2 aliphatic heterocycles. The summed E-state index contributed by atoms with van der Waals surface area (Å²) in [5.41, 5.74) is 0. The minimum Gasteiger partial charge on any atom is -0.477 e. The first-order valence-corrected chi connectivity index (χ1v) is 6.43. The molecule has 0 amide bonds. The Labute approximate surface area is 118 Å². The van der Waals surface area contributed by atoms with Crippen molar-refractivity contribution in [3.63, 3.8) is 0 Å². The number of carboxylic acids is 1. The summed E-state index contributed by atoms with van der Waals surface area (Å²) in [6, 6.07) is 0. The largest absolute Gasteiger partial charge is 0.477 e. The van der Waals surface area contributed by atoms with Crippen LogP contribution in [0, 0.1) is 0 Å². The molecule has 0 saturated carbocycles. The standard InChI is InChI=1S/C10H15IO7/c1-4-6-8(7(18-11)5(3-12)15-4)17-10(2,16-6)9(13)14/h4-8,12H,3H2,1-2H3,(H,13,14)/t4?,5?,6?,7-,8?,10+/m0/s1. The maximum atomic E-state index is 11.1. The molecule has 18 heavy (non-hydrogen) atoms. The van der Waals surface area contributed by atoms with Gasteiger partial charge in [-0.05, 0) is 6.92 Å². The zero-order valence-corrected chi connectivity index (χ0v) is 12.1. The van der Waals surface area contributed by atoms with Crippen LogP contribution in [-0.2, 0) is 22.1 Å². The molecule has 7 nitrogen and oxygen atoms in total. The molecule has 0 aromatic heterocycles. The third-order valence-electron chi connectivity index (χ3n) is 3.26. The van der Waals surface area contributed by atoms with Crippen molar-refractivity contribution in [3.8, 4) is 0 Å². The first kappa shape index (κ1) is 14.4. The summed E-state index contributed by atoms with van der Waals surface area (Å²) in [6.07, 6.45) is -2.62. The number of ether oxygens (including phenoxy) is 3. The highest BCUT2D eigenvalue weighted by Gasteiger charge is 2.58. The highest BCUT2D eigenvalue weighted by molar-refractivity contribution is 14.1. The van der Waals surface area contributed by atoms with Crippen LogP contribution < -0.4 is 0 Å². The molecule has 0 aromatic carbocycles. The van der Waals surface area contributed by atoms with E-state index in [-0.39, 0.29) is 12.7 Å². The fraction of sp³-hybridized carbons (Fsp3) is 0.900. The molecule has 0 aromatic rings. The lowest BCUT2D eigenvalue weighted by molar-refractivity contribution is -0.204. The van der Waals surface area contributed by atoms with E-state index in [4.69, 9.17) is 22.4 Å². The highest BCUT2D eigenvalue weighted by Crippen LogP contribution is 2.39. The monoisotopic (exact) mass is 374 g/mol. The van der Waals surface area contributed by atoms with Gasteiger partial charge in [-0.1, -0.05) is 0 Å². The number of carbonyl (C=O) groups is 1. The highest BCUT2D eigenvalue weighted by atomic mass is 127. The Morgan fingerprint density at radius 2 is 2.06 bits per heavy atom. The number of aliphatic hydroxyl groups is 1. The van der Waals surface area contributed by atoms with Crippen LogP contribution in [-0.4, -0.2) is 59.1 Å². The minimum absolute atomic E-state index is 0.228. The van der Waals surface area contributed by atoms with Crippen molar-refractivity contribution in [1.82, 2.24) is 0 Å². The molecule has 0 radical (unpaired) electrons. The fourth-order valence-electron chi connectivity index (χ4n) is 2.30. The summed E-state index contributed by atoms with van der Waals surface area (Å²) in [5, 5.41) is 18.4. The smallest absolute Gasteiger partial charge is 0.364 e. The van der Waals surface area contributed by atoms with E-state index in [1.807, 2.05) is 0 Å². The molecule has 6 atom stereocenters. The molecule has 0 spiro atoms. The quantitative estimate of drug-likeness (QED) is 0.676. The summed E-state index contributed by atoms with van der Waals surface area (Å²) in [6.45, 7) is 2.87. The molecule has 2 aliphatic rings. The summed E-state index contributed by atoms with van der Waals surface area (Å²) < 4.78 is 21.7. The minimum atomic E-state index is -1.70. The van der Waals surface area contributed by atoms with Gasteiger partial charge in [0.15, 0.2) is 0 Å². The van der Waals surface area contributed by atoms with Gasteiger partial charge in [0.2, 0.25) is 0 Å². The second-order valence-corrected chi connectivity index (χ2v) is 5.04. The molecule has 2 rings (SSSR count). The summed E-state index contributed by atoms with van der Waals surface area (Å²) in [5.74, 6) is -2.90.